The van der Waals surface area contributed by atoms with Crippen LogP contribution in [0.25, 0.3) is 0 Å². The van der Waals surface area contributed by atoms with E-state index in [4.69, 9.17) is 4.74 Å². The lowest BCUT2D eigenvalue weighted by Crippen LogP contribution is -2.27. The van der Waals surface area contributed by atoms with Gasteiger partial charge in [0.2, 0.25) is 11.8 Å². The van der Waals surface area contributed by atoms with E-state index in [1.807, 2.05) is 0 Å². The third-order valence-corrected chi connectivity index (χ3v) is 3.54. The Labute approximate surface area is 124 Å². The minimum atomic E-state index is -0.227. The van der Waals surface area contributed by atoms with Crippen LogP contribution >= 0.6 is 0 Å². The summed E-state index contributed by atoms with van der Waals surface area (Å²) in [7, 11) is 1.47. The van der Waals surface area contributed by atoms with Crippen molar-refractivity contribution in [2.75, 3.05) is 37.4 Å². The maximum Gasteiger partial charge on any atom is 0.250 e. The molecule has 0 aliphatic carbocycles. The zero-order valence-electron chi connectivity index (χ0n) is 12.3. The van der Waals surface area contributed by atoms with E-state index >= 15 is 0 Å². The van der Waals surface area contributed by atoms with Gasteiger partial charge >= 0.3 is 0 Å². The van der Waals surface area contributed by atoms with Gasteiger partial charge in [-0.05, 0) is 30.7 Å². The summed E-state index contributed by atoms with van der Waals surface area (Å²) >= 11 is 0. The SMILES string of the molecule is COCC(=O)Nc1cccc(NC(=O)[C@@H]2CNC[C@H]2C)c1. The molecule has 1 fully saturated rings. The van der Waals surface area contributed by atoms with Crippen LogP contribution in [0.1, 0.15) is 6.92 Å². The number of carbonyl (C=O) groups is 2. The highest BCUT2D eigenvalue weighted by Gasteiger charge is 2.29. The quantitative estimate of drug-likeness (QED) is 0.758. The molecule has 1 saturated heterocycles. The smallest absolute Gasteiger partial charge is 0.250 e. The van der Waals surface area contributed by atoms with Gasteiger partial charge in [0, 0.05) is 25.0 Å². The van der Waals surface area contributed by atoms with E-state index in [2.05, 4.69) is 22.9 Å². The number of anilines is 2. The molecule has 2 atom stereocenters. The summed E-state index contributed by atoms with van der Waals surface area (Å²) in [6, 6.07) is 7.09. The highest BCUT2D eigenvalue weighted by Crippen LogP contribution is 2.20. The number of ether oxygens (including phenoxy) is 1. The highest BCUT2D eigenvalue weighted by atomic mass is 16.5. The van der Waals surface area contributed by atoms with Crippen molar-refractivity contribution in [1.29, 1.82) is 0 Å². The number of hydrogen-bond acceptors (Lipinski definition) is 4. The maximum absolute atomic E-state index is 12.2. The topological polar surface area (TPSA) is 79.5 Å². The summed E-state index contributed by atoms with van der Waals surface area (Å²) in [4.78, 5) is 23.7. The van der Waals surface area contributed by atoms with Crippen molar-refractivity contribution in [1.82, 2.24) is 5.32 Å². The van der Waals surface area contributed by atoms with Crippen LogP contribution in [0.4, 0.5) is 11.4 Å². The first-order valence-corrected chi connectivity index (χ1v) is 7.00. The third kappa shape index (κ3) is 4.27. The van der Waals surface area contributed by atoms with Crippen molar-refractivity contribution in [2.45, 2.75) is 6.92 Å². The van der Waals surface area contributed by atoms with Gasteiger partial charge in [-0.1, -0.05) is 13.0 Å². The fourth-order valence-corrected chi connectivity index (χ4v) is 2.40. The standard InChI is InChI=1S/C15H21N3O3/c1-10-7-16-8-13(10)15(20)18-12-5-3-4-11(6-12)17-14(19)9-21-2/h3-6,10,13,16H,7-9H2,1-2H3,(H,17,19)(H,18,20)/t10-,13-/m1/s1. The lowest BCUT2D eigenvalue weighted by molar-refractivity contribution is -0.120. The molecule has 1 aliphatic heterocycles. The molecule has 2 amide bonds. The molecular weight excluding hydrogens is 270 g/mol. The van der Waals surface area contributed by atoms with Crippen molar-refractivity contribution in [3.8, 4) is 0 Å². The molecule has 0 radical (unpaired) electrons. The van der Waals surface area contributed by atoms with Gasteiger partial charge in [0.1, 0.15) is 6.61 Å². The Hall–Kier alpha value is -1.92. The molecule has 1 heterocycles. The first kappa shape index (κ1) is 15.5. The van der Waals surface area contributed by atoms with Gasteiger partial charge in [-0.25, -0.2) is 0 Å². The fourth-order valence-electron chi connectivity index (χ4n) is 2.40. The van der Waals surface area contributed by atoms with E-state index in [-0.39, 0.29) is 24.3 Å². The number of nitrogens with one attached hydrogen (secondary N) is 3. The molecule has 0 spiro atoms. The van der Waals surface area contributed by atoms with Crippen molar-refractivity contribution in [3.63, 3.8) is 0 Å². The minimum Gasteiger partial charge on any atom is -0.375 e. The molecule has 0 aromatic heterocycles. The van der Waals surface area contributed by atoms with Crippen LogP contribution in [0.5, 0.6) is 0 Å². The molecule has 114 valence electrons. The Morgan fingerprint density at radius 1 is 1.29 bits per heavy atom. The minimum absolute atomic E-state index is 0.00183. The van der Waals surface area contributed by atoms with E-state index in [1.165, 1.54) is 7.11 Å². The van der Waals surface area contributed by atoms with Crippen molar-refractivity contribution in [3.05, 3.63) is 24.3 Å². The number of amides is 2. The molecule has 0 saturated carbocycles. The van der Waals surface area contributed by atoms with Crippen LogP contribution in [-0.4, -0.2) is 38.6 Å². The summed E-state index contributed by atoms with van der Waals surface area (Å²) in [5, 5.41) is 8.81. The normalized spacial score (nSPS) is 21.0. The number of benzene rings is 1. The van der Waals surface area contributed by atoms with Crippen LogP contribution < -0.4 is 16.0 Å². The van der Waals surface area contributed by atoms with E-state index in [9.17, 15) is 9.59 Å². The summed E-state index contributed by atoms with van der Waals surface area (Å²) in [5.41, 5.74) is 1.31. The van der Waals surface area contributed by atoms with Gasteiger partial charge < -0.3 is 20.7 Å². The van der Waals surface area contributed by atoms with Gasteiger partial charge in [0.15, 0.2) is 0 Å². The van der Waals surface area contributed by atoms with Crippen LogP contribution in [0, 0.1) is 11.8 Å². The number of methoxy groups -OCH3 is 1. The second-order valence-electron chi connectivity index (χ2n) is 5.29. The van der Waals surface area contributed by atoms with Crippen LogP contribution in [0.2, 0.25) is 0 Å². The zero-order valence-corrected chi connectivity index (χ0v) is 12.3. The lowest BCUT2D eigenvalue weighted by Gasteiger charge is -2.15. The zero-order chi connectivity index (χ0) is 15.2. The highest BCUT2D eigenvalue weighted by molar-refractivity contribution is 5.95. The second-order valence-corrected chi connectivity index (χ2v) is 5.29. The number of hydrogen-bond donors (Lipinski definition) is 3. The number of carbonyl (C=O) groups excluding carboxylic acids is 2. The van der Waals surface area contributed by atoms with Gasteiger partial charge in [-0.3, -0.25) is 9.59 Å². The Morgan fingerprint density at radius 2 is 2.00 bits per heavy atom. The monoisotopic (exact) mass is 291 g/mol. The molecule has 1 aromatic carbocycles. The Kier molecular flexibility index (Phi) is 5.30. The largest absolute Gasteiger partial charge is 0.375 e. The van der Waals surface area contributed by atoms with Crippen LogP contribution in [0.3, 0.4) is 0 Å². The van der Waals surface area contributed by atoms with Crippen molar-refractivity contribution < 1.29 is 14.3 Å². The molecule has 0 unspecified atom stereocenters. The average molecular weight is 291 g/mol. The average Bonchev–Trinajstić information content (AvgIpc) is 2.85. The molecule has 3 N–H and O–H groups in total. The second kappa shape index (κ2) is 7.19. The van der Waals surface area contributed by atoms with E-state index in [0.29, 0.717) is 23.8 Å². The Balaban J connectivity index is 1.97. The summed E-state index contributed by atoms with van der Waals surface area (Å²) in [6.07, 6.45) is 0. The summed E-state index contributed by atoms with van der Waals surface area (Å²) < 4.78 is 4.76. The predicted octanol–water partition coefficient (Wildman–Crippen LogP) is 1.07. The molecule has 21 heavy (non-hydrogen) atoms. The van der Waals surface area contributed by atoms with Gasteiger partial charge in [-0.2, -0.15) is 0 Å². The Bertz CT molecular complexity index is 519. The summed E-state index contributed by atoms with van der Waals surface area (Å²) in [5.74, 6) is 0.0915. The third-order valence-electron chi connectivity index (χ3n) is 3.54. The first-order valence-electron chi connectivity index (χ1n) is 7.00. The van der Waals surface area contributed by atoms with Crippen molar-refractivity contribution in [2.24, 2.45) is 11.8 Å². The van der Waals surface area contributed by atoms with E-state index < -0.39 is 0 Å². The molecule has 6 heteroatoms. The first-order chi connectivity index (χ1) is 10.1. The predicted molar refractivity (Wildman–Crippen MR) is 81.1 cm³/mol. The summed E-state index contributed by atoms with van der Waals surface area (Å²) in [6.45, 7) is 3.63. The molecule has 2 rings (SSSR count). The van der Waals surface area contributed by atoms with Gasteiger partial charge in [-0.15, -0.1) is 0 Å². The molecule has 1 aliphatic rings. The van der Waals surface area contributed by atoms with Crippen LogP contribution in [-0.2, 0) is 14.3 Å². The molecule has 1 aromatic rings. The van der Waals surface area contributed by atoms with Gasteiger partial charge in [0.25, 0.3) is 0 Å². The van der Waals surface area contributed by atoms with Crippen LogP contribution in [0.15, 0.2) is 24.3 Å². The fraction of sp³-hybridized carbons (Fsp3) is 0.467. The van der Waals surface area contributed by atoms with E-state index in [0.717, 1.165) is 6.54 Å². The van der Waals surface area contributed by atoms with E-state index in [1.54, 1.807) is 24.3 Å². The van der Waals surface area contributed by atoms with Crippen molar-refractivity contribution >= 4 is 23.2 Å². The van der Waals surface area contributed by atoms with Gasteiger partial charge in [0.05, 0.1) is 5.92 Å². The number of rotatable bonds is 5. The molecule has 6 nitrogen and oxygen atoms in total. The Morgan fingerprint density at radius 3 is 2.62 bits per heavy atom. The molecular formula is C15H21N3O3. The maximum atomic E-state index is 12.2. The molecule has 0 bridgehead atoms. The lowest BCUT2D eigenvalue weighted by atomic mass is 9.97.